The molecule has 1 heterocycles. The monoisotopic (exact) mass is 483 g/mol. The van der Waals surface area contributed by atoms with Crippen LogP contribution in [0.15, 0.2) is 63.5 Å². The van der Waals surface area contributed by atoms with Crippen LogP contribution >= 0.6 is 15.9 Å². The van der Waals surface area contributed by atoms with E-state index < -0.39 is 20.6 Å². The summed E-state index contributed by atoms with van der Waals surface area (Å²) < 4.78 is 52.2. The van der Waals surface area contributed by atoms with Gasteiger partial charge in [0.05, 0.1) is 0 Å². The Morgan fingerprint density at radius 1 is 1.17 bits per heavy atom. The third-order valence-electron chi connectivity index (χ3n) is 5.09. The Hall–Kier alpha value is -1.77. The Morgan fingerprint density at radius 3 is 2.45 bits per heavy atom. The van der Waals surface area contributed by atoms with Crippen LogP contribution in [0, 0.1) is 0 Å². The first-order chi connectivity index (χ1) is 13.6. The minimum Gasteiger partial charge on any atom is -0.469 e. The van der Waals surface area contributed by atoms with Crippen molar-refractivity contribution in [1.29, 1.82) is 0 Å². The van der Waals surface area contributed by atoms with Crippen molar-refractivity contribution in [1.82, 2.24) is 0 Å². The SMILES string of the molecule is CC1(C)OC(C[C@@H](CCO)c2ccccc2)=NS(=O)(=O)C1(F)c1cccc(Br)c1. The summed E-state index contributed by atoms with van der Waals surface area (Å²) in [6, 6.07) is 15.5. The first-order valence-corrected chi connectivity index (χ1v) is 11.5. The second-order valence-corrected chi connectivity index (χ2v) is 10.1. The van der Waals surface area contributed by atoms with Gasteiger partial charge in [-0.25, -0.2) is 12.8 Å². The summed E-state index contributed by atoms with van der Waals surface area (Å²) in [6.45, 7) is 2.74. The molecule has 0 aliphatic carbocycles. The van der Waals surface area contributed by atoms with Gasteiger partial charge in [-0.2, -0.15) is 0 Å². The highest BCUT2D eigenvalue weighted by atomic mass is 79.9. The smallest absolute Gasteiger partial charge is 0.300 e. The quantitative estimate of drug-likeness (QED) is 0.647. The molecule has 0 radical (unpaired) electrons. The van der Waals surface area contributed by atoms with Gasteiger partial charge >= 0.3 is 0 Å². The summed E-state index contributed by atoms with van der Waals surface area (Å²) in [6.07, 6.45) is 0.543. The number of halogens is 2. The van der Waals surface area contributed by atoms with Crippen molar-refractivity contribution in [3.8, 4) is 0 Å². The Labute approximate surface area is 178 Å². The van der Waals surface area contributed by atoms with E-state index >= 15 is 4.39 Å². The van der Waals surface area contributed by atoms with E-state index in [1.54, 1.807) is 12.1 Å². The highest BCUT2D eigenvalue weighted by Crippen LogP contribution is 2.48. The predicted molar refractivity (Wildman–Crippen MR) is 114 cm³/mol. The van der Waals surface area contributed by atoms with Gasteiger partial charge in [0, 0.05) is 23.1 Å². The number of benzene rings is 2. The largest absolute Gasteiger partial charge is 0.469 e. The van der Waals surface area contributed by atoms with E-state index in [4.69, 9.17) is 4.74 Å². The molecular formula is C21H23BrFNO4S. The standard InChI is InChI=1S/C21H23BrFNO4S/c1-20(2)21(23,17-9-6-10-18(22)14-17)29(26,27)24-19(28-20)13-16(11-12-25)15-7-4-3-5-8-15/h3-10,14,16,25H,11-13H2,1-2H3/t16-,21?/m1/s1. The number of sulfonamides is 1. The Kier molecular flexibility index (Phi) is 6.17. The summed E-state index contributed by atoms with van der Waals surface area (Å²) in [5.74, 6) is -0.260. The van der Waals surface area contributed by atoms with E-state index in [0.29, 0.717) is 10.9 Å². The number of hydrogen-bond donors (Lipinski definition) is 1. The molecule has 156 valence electrons. The fourth-order valence-electron chi connectivity index (χ4n) is 3.63. The van der Waals surface area contributed by atoms with E-state index in [2.05, 4.69) is 20.3 Å². The lowest BCUT2D eigenvalue weighted by Crippen LogP contribution is -2.55. The summed E-state index contributed by atoms with van der Waals surface area (Å²) >= 11 is 3.25. The van der Waals surface area contributed by atoms with E-state index in [1.807, 2.05) is 30.3 Å². The van der Waals surface area contributed by atoms with E-state index in [1.165, 1.54) is 26.0 Å². The van der Waals surface area contributed by atoms with Crippen LogP contribution in [-0.2, 0) is 19.8 Å². The molecule has 2 aromatic carbocycles. The lowest BCUT2D eigenvalue weighted by molar-refractivity contribution is -0.0274. The van der Waals surface area contributed by atoms with Crippen LogP contribution in [0.25, 0.3) is 0 Å². The molecule has 0 bridgehead atoms. The normalized spacial score (nSPS) is 23.7. The van der Waals surface area contributed by atoms with Gasteiger partial charge in [0.2, 0.25) is 5.90 Å². The predicted octanol–water partition coefficient (Wildman–Crippen LogP) is 4.66. The van der Waals surface area contributed by atoms with Crippen molar-refractivity contribution in [3.05, 3.63) is 70.2 Å². The fraction of sp³-hybridized carbons (Fsp3) is 0.381. The third-order valence-corrected chi connectivity index (χ3v) is 7.47. The number of rotatable bonds is 6. The highest BCUT2D eigenvalue weighted by molar-refractivity contribution is 9.10. The van der Waals surface area contributed by atoms with Gasteiger partial charge in [-0.05, 0) is 43.9 Å². The maximum absolute atomic E-state index is 16.1. The first kappa shape index (κ1) is 21.9. The van der Waals surface area contributed by atoms with E-state index in [-0.39, 0.29) is 30.4 Å². The summed E-state index contributed by atoms with van der Waals surface area (Å²) in [4.78, 5) is 0. The number of ether oxygens (including phenoxy) is 1. The van der Waals surface area contributed by atoms with Crippen molar-refractivity contribution in [2.24, 2.45) is 4.40 Å². The second-order valence-electron chi connectivity index (χ2n) is 7.50. The number of alkyl halides is 1. The molecule has 0 spiro atoms. The van der Waals surface area contributed by atoms with Crippen molar-refractivity contribution in [2.75, 3.05) is 6.61 Å². The molecule has 29 heavy (non-hydrogen) atoms. The van der Waals surface area contributed by atoms with Crippen molar-refractivity contribution < 1.29 is 22.7 Å². The Bertz CT molecular complexity index is 1010. The fourth-order valence-corrected chi connectivity index (χ4v) is 5.62. The minimum atomic E-state index is -4.58. The topological polar surface area (TPSA) is 76.0 Å². The number of aliphatic hydroxyl groups excluding tert-OH is 1. The molecule has 3 rings (SSSR count). The second kappa shape index (κ2) is 8.16. The molecule has 2 aromatic rings. The van der Waals surface area contributed by atoms with Crippen LogP contribution < -0.4 is 0 Å². The maximum atomic E-state index is 16.1. The van der Waals surface area contributed by atoms with Gasteiger partial charge in [0.1, 0.15) is 0 Å². The van der Waals surface area contributed by atoms with Crippen molar-refractivity contribution >= 4 is 31.9 Å². The first-order valence-electron chi connectivity index (χ1n) is 9.24. The average molecular weight is 484 g/mol. The zero-order valence-corrected chi connectivity index (χ0v) is 18.6. The number of nitrogens with zero attached hydrogens (tertiary/aromatic N) is 1. The van der Waals surface area contributed by atoms with Gasteiger partial charge in [0.15, 0.2) is 5.60 Å². The van der Waals surface area contributed by atoms with Gasteiger partial charge in [-0.1, -0.05) is 58.4 Å². The lowest BCUT2D eigenvalue weighted by atomic mass is 9.91. The molecule has 0 saturated carbocycles. The van der Waals surface area contributed by atoms with Gasteiger partial charge in [-0.15, -0.1) is 4.40 Å². The molecule has 1 unspecified atom stereocenters. The van der Waals surface area contributed by atoms with E-state index in [9.17, 15) is 13.5 Å². The summed E-state index contributed by atoms with van der Waals surface area (Å²) in [5, 5.41) is 6.59. The molecule has 0 fully saturated rings. The Balaban J connectivity index is 2.01. The van der Waals surface area contributed by atoms with Gasteiger partial charge in [0.25, 0.3) is 15.0 Å². The summed E-state index contributed by atoms with van der Waals surface area (Å²) in [7, 11) is -4.58. The lowest BCUT2D eigenvalue weighted by Gasteiger charge is -2.42. The molecule has 1 aliphatic heterocycles. The molecule has 2 atom stereocenters. The highest BCUT2D eigenvalue weighted by Gasteiger charge is 2.63. The molecule has 0 aromatic heterocycles. The van der Waals surface area contributed by atoms with Crippen molar-refractivity contribution in [3.63, 3.8) is 0 Å². The van der Waals surface area contributed by atoms with Gasteiger partial charge in [-0.3, -0.25) is 0 Å². The molecule has 8 heteroatoms. The zero-order valence-electron chi connectivity index (χ0n) is 16.2. The number of hydrogen-bond acceptors (Lipinski definition) is 4. The van der Waals surface area contributed by atoms with Crippen molar-refractivity contribution in [2.45, 2.75) is 43.2 Å². The average Bonchev–Trinajstić information content (AvgIpc) is 2.66. The van der Waals surface area contributed by atoms with Crippen LogP contribution in [0.5, 0.6) is 0 Å². The zero-order chi connectivity index (χ0) is 21.3. The molecule has 5 nitrogen and oxygen atoms in total. The maximum Gasteiger partial charge on any atom is 0.300 e. The van der Waals surface area contributed by atoms with Gasteiger partial charge < -0.3 is 9.84 Å². The molecule has 0 saturated heterocycles. The molecule has 1 N–H and O–H groups in total. The van der Waals surface area contributed by atoms with Crippen LogP contribution in [0.1, 0.15) is 43.7 Å². The van der Waals surface area contributed by atoms with Crippen LogP contribution in [0.3, 0.4) is 0 Å². The molecule has 0 amide bonds. The van der Waals surface area contributed by atoms with E-state index in [0.717, 1.165) is 5.56 Å². The van der Waals surface area contributed by atoms with Crippen LogP contribution in [0.2, 0.25) is 0 Å². The third kappa shape index (κ3) is 4.11. The molecular weight excluding hydrogens is 461 g/mol. The Morgan fingerprint density at radius 2 is 1.86 bits per heavy atom. The number of aliphatic hydroxyl groups is 1. The van der Waals surface area contributed by atoms with Crippen LogP contribution in [0.4, 0.5) is 4.39 Å². The minimum absolute atomic E-state index is 0.0466. The summed E-state index contributed by atoms with van der Waals surface area (Å²) in [5.41, 5.74) is -0.828. The van der Waals surface area contributed by atoms with Crippen LogP contribution in [-0.4, -0.2) is 31.6 Å². The molecule has 1 aliphatic rings.